The third-order valence-corrected chi connectivity index (χ3v) is 0.379. The molecule has 0 atom stereocenters. The van der Waals surface area contributed by atoms with Crippen LogP contribution in [0.5, 0.6) is 0 Å². The first-order chi connectivity index (χ1) is 2.91. The van der Waals surface area contributed by atoms with Crippen LogP contribution in [-0.4, -0.2) is 19.0 Å². The van der Waals surface area contributed by atoms with Crippen LogP contribution in [0.3, 0.4) is 0 Å². The molecule has 0 heterocycles. The first-order valence-electron chi connectivity index (χ1n) is 1.85. The van der Waals surface area contributed by atoms with Crippen molar-refractivity contribution in [1.29, 1.82) is 5.41 Å². The van der Waals surface area contributed by atoms with Crippen LogP contribution in [-0.2, 0) is 0 Å². The fraction of sp³-hybridized carbons (Fsp3) is 0.500. The molecule has 0 fully saturated rings. The molecule has 0 aromatic carbocycles. The molecule has 2 heteroatoms. The number of rotatable bonds is 2. The molecule has 6 heavy (non-hydrogen) atoms. The van der Waals surface area contributed by atoms with Gasteiger partial charge in [-0.25, -0.2) is 0 Å². The fourth-order valence-corrected chi connectivity index (χ4v) is 0.158. The molecule has 0 amide bonds. The summed E-state index contributed by atoms with van der Waals surface area (Å²) < 4.78 is 0. The van der Waals surface area contributed by atoms with Crippen molar-refractivity contribution in [2.24, 2.45) is 4.99 Å². The van der Waals surface area contributed by atoms with Crippen molar-refractivity contribution < 1.29 is 0 Å². The normalized spacial score (nSPS) is 9.50. The summed E-state index contributed by atoms with van der Waals surface area (Å²) in [4.78, 5) is 3.72. The van der Waals surface area contributed by atoms with Gasteiger partial charge in [0.05, 0.1) is 6.54 Å². The standard InChI is InChI=1S/C4H8N2/c1-2-6-4-3-5/h2-3,5H,4H2,1H3/b5-3?,6-2+. The molecule has 0 aromatic heterocycles. The van der Waals surface area contributed by atoms with Crippen molar-refractivity contribution in [3.63, 3.8) is 0 Å². The first kappa shape index (κ1) is 5.34. The lowest BCUT2D eigenvalue weighted by Crippen LogP contribution is -1.75. The minimum absolute atomic E-state index is 0.524. The van der Waals surface area contributed by atoms with E-state index in [0.717, 1.165) is 0 Å². The van der Waals surface area contributed by atoms with Gasteiger partial charge in [-0.3, -0.25) is 4.99 Å². The Morgan fingerprint density at radius 3 is 2.67 bits per heavy atom. The van der Waals surface area contributed by atoms with E-state index in [-0.39, 0.29) is 0 Å². The SMILES string of the molecule is C/C=N/CC=N. The minimum atomic E-state index is 0.524. The molecular formula is C4H8N2. The molecule has 0 radical (unpaired) electrons. The summed E-state index contributed by atoms with van der Waals surface area (Å²) in [6.45, 7) is 2.36. The Labute approximate surface area is 37.4 Å². The molecule has 0 saturated heterocycles. The molecule has 0 rings (SSSR count). The highest BCUT2D eigenvalue weighted by Crippen LogP contribution is 1.55. The van der Waals surface area contributed by atoms with Crippen LogP contribution < -0.4 is 0 Å². The lowest BCUT2D eigenvalue weighted by atomic mass is 10.7. The first-order valence-corrected chi connectivity index (χ1v) is 1.85. The number of hydrogen-bond acceptors (Lipinski definition) is 2. The number of nitrogens with one attached hydrogen (secondary N) is 1. The van der Waals surface area contributed by atoms with Crippen molar-refractivity contribution in [2.45, 2.75) is 6.92 Å². The quantitative estimate of drug-likeness (QED) is 0.479. The van der Waals surface area contributed by atoms with Crippen LogP contribution in [0.4, 0.5) is 0 Å². The highest BCUT2D eigenvalue weighted by molar-refractivity contribution is 5.61. The third kappa shape index (κ3) is 3.34. The van der Waals surface area contributed by atoms with Gasteiger partial charge in [-0.05, 0) is 13.1 Å². The zero-order valence-corrected chi connectivity index (χ0v) is 3.81. The van der Waals surface area contributed by atoms with Crippen LogP contribution in [0.1, 0.15) is 6.92 Å². The van der Waals surface area contributed by atoms with Gasteiger partial charge in [0.2, 0.25) is 0 Å². The summed E-state index contributed by atoms with van der Waals surface area (Å²) >= 11 is 0. The molecule has 0 aromatic rings. The molecule has 34 valence electrons. The summed E-state index contributed by atoms with van der Waals surface area (Å²) in [5.41, 5.74) is 0. The van der Waals surface area contributed by atoms with Crippen molar-refractivity contribution >= 4 is 12.4 Å². The van der Waals surface area contributed by atoms with Crippen LogP contribution in [0.15, 0.2) is 4.99 Å². The topological polar surface area (TPSA) is 36.2 Å². The van der Waals surface area contributed by atoms with Gasteiger partial charge >= 0.3 is 0 Å². The maximum Gasteiger partial charge on any atom is 0.0731 e. The van der Waals surface area contributed by atoms with Crippen molar-refractivity contribution in [3.8, 4) is 0 Å². The predicted octanol–water partition coefficient (Wildman–Crippen LogP) is 0.727. The molecule has 0 saturated carbocycles. The van der Waals surface area contributed by atoms with Crippen molar-refractivity contribution in [1.82, 2.24) is 0 Å². The van der Waals surface area contributed by atoms with E-state index in [0.29, 0.717) is 6.54 Å². The van der Waals surface area contributed by atoms with Crippen molar-refractivity contribution in [2.75, 3.05) is 6.54 Å². The average Bonchev–Trinajstić information content (AvgIpc) is 1.61. The molecule has 0 aliphatic heterocycles. The Balaban J connectivity index is 2.85. The number of hydrogen-bond donors (Lipinski definition) is 1. The zero-order valence-electron chi connectivity index (χ0n) is 3.81. The van der Waals surface area contributed by atoms with Crippen LogP contribution >= 0.6 is 0 Å². The van der Waals surface area contributed by atoms with E-state index in [1.54, 1.807) is 6.21 Å². The Bertz CT molecular complexity index is 56.6. The third-order valence-electron chi connectivity index (χ3n) is 0.379. The second-order valence-electron chi connectivity index (χ2n) is 0.827. The molecule has 0 bridgehead atoms. The average molecular weight is 84.1 g/mol. The minimum Gasteiger partial charge on any atom is -0.311 e. The fourth-order valence-electron chi connectivity index (χ4n) is 0.158. The maximum atomic E-state index is 6.47. The van der Waals surface area contributed by atoms with E-state index in [1.165, 1.54) is 6.21 Å². The zero-order chi connectivity index (χ0) is 4.83. The molecule has 0 spiro atoms. The van der Waals surface area contributed by atoms with Gasteiger partial charge in [0.15, 0.2) is 0 Å². The van der Waals surface area contributed by atoms with Crippen LogP contribution in [0, 0.1) is 5.41 Å². The van der Waals surface area contributed by atoms with Gasteiger partial charge < -0.3 is 5.41 Å². The van der Waals surface area contributed by atoms with Crippen molar-refractivity contribution in [3.05, 3.63) is 0 Å². The molecule has 0 unspecified atom stereocenters. The summed E-state index contributed by atoms with van der Waals surface area (Å²) in [7, 11) is 0. The summed E-state index contributed by atoms with van der Waals surface area (Å²) in [5, 5.41) is 6.47. The van der Waals surface area contributed by atoms with Gasteiger partial charge in [-0.1, -0.05) is 0 Å². The lowest BCUT2D eigenvalue weighted by Gasteiger charge is -1.70. The largest absolute Gasteiger partial charge is 0.311 e. The molecule has 2 nitrogen and oxygen atoms in total. The second-order valence-corrected chi connectivity index (χ2v) is 0.827. The van der Waals surface area contributed by atoms with Gasteiger partial charge in [0.25, 0.3) is 0 Å². The summed E-state index contributed by atoms with van der Waals surface area (Å²) in [6, 6.07) is 0. The Kier molecular flexibility index (Phi) is 3.86. The monoisotopic (exact) mass is 84.1 g/mol. The van der Waals surface area contributed by atoms with E-state index < -0.39 is 0 Å². The Hall–Kier alpha value is -0.660. The van der Waals surface area contributed by atoms with Crippen LogP contribution in [0.2, 0.25) is 0 Å². The van der Waals surface area contributed by atoms with Gasteiger partial charge in [-0.2, -0.15) is 0 Å². The Morgan fingerprint density at radius 2 is 2.50 bits per heavy atom. The Morgan fingerprint density at radius 1 is 1.83 bits per heavy atom. The van der Waals surface area contributed by atoms with E-state index in [2.05, 4.69) is 4.99 Å². The van der Waals surface area contributed by atoms with E-state index in [1.807, 2.05) is 6.92 Å². The van der Waals surface area contributed by atoms with Gasteiger partial charge in [0, 0.05) is 6.21 Å². The number of aliphatic imine (C=N–C) groups is 1. The predicted molar refractivity (Wildman–Crippen MR) is 27.8 cm³/mol. The molecular weight excluding hydrogens is 76.1 g/mol. The molecule has 0 aliphatic rings. The lowest BCUT2D eigenvalue weighted by molar-refractivity contribution is 1.31. The summed E-state index contributed by atoms with van der Waals surface area (Å²) in [5.74, 6) is 0. The van der Waals surface area contributed by atoms with E-state index in [4.69, 9.17) is 5.41 Å². The highest BCUT2D eigenvalue weighted by Gasteiger charge is 1.58. The van der Waals surface area contributed by atoms with Crippen LogP contribution in [0.25, 0.3) is 0 Å². The highest BCUT2D eigenvalue weighted by atomic mass is 14.7. The smallest absolute Gasteiger partial charge is 0.0731 e. The second kappa shape index (κ2) is 4.34. The summed E-state index contributed by atoms with van der Waals surface area (Å²) in [6.07, 6.45) is 2.95. The molecule has 1 N–H and O–H groups in total. The van der Waals surface area contributed by atoms with E-state index in [9.17, 15) is 0 Å². The number of nitrogens with zero attached hydrogens (tertiary/aromatic N) is 1. The van der Waals surface area contributed by atoms with Gasteiger partial charge in [-0.15, -0.1) is 0 Å². The van der Waals surface area contributed by atoms with Gasteiger partial charge in [0.1, 0.15) is 0 Å². The van der Waals surface area contributed by atoms with E-state index >= 15 is 0 Å². The maximum absolute atomic E-state index is 6.47. The molecule has 0 aliphatic carbocycles.